The van der Waals surface area contributed by atoms with Crippen molar-refractivity contribution in [3.8, 4) is 17.3 Å². The van der Waals surface area contributed by atoms with Gasteiger partial charge in [0.15, 0.2) is 0 Å². The third kappa shape index (κ3) is 2.01. The number of nitrogens with one attached hydrogen (secondary N) is 1. The van der Waals surface area contributed by atoms with E-state index < -0.39 is 0 Å². The Hall–Kier alpha value is -2.34. The van der Waals surface area contributed by atoms with E-state index in [0.29, 0.717) is 5.56 Å². The first kappa shape index (κ1) is 10.2. The number of hydrogen-bond donors (Lipinski definition) is 1. The predicted molar refractivity (Wildman–Crippen MR) is 61.8 cm³/mol. The summed E-state index contributed by atoms with van der Waals surface area (Å²) in [6.45, 7) is 0. The average Bonchev–Trinajstić information content (AvgIpc) is 2.33. The normalized spacial score (nSPS) is 9.69. The van der Waals surface area contributed by atoms with E-state index in [2.05, 4.69) is 4.98 Å². The van der Waals surface area contributed by atoms with Crippen LogP contribution in [0.1, 0.15) is 5.56 Å². The Balaban J connectivity index is 2.44. The third-order valence-electron chi connectivity index (χ3n) is 2.35. The predicted octanol–water partition coefficient (Wildman–Crippen LogP) is 2.11. The van der Waals surface area contributed by atoms with Gasteiger partial charge in [-0.3, -0.25) is 4.79 Å². The zero-order valence-electron chi connectivity index (χ0n) is 8.60. The van der Waals surface area contributed by atoms with Crippen molar-refractivity contribution in [3.05, 3.63) is 58.4 Å². The highest BCUT2D eigenvalue weighted by atomic mass is 16.1. The molecule has 1 aromatic carbocycles. The topological polar surface area (TPSA) is 56.6 Å². The van der Waals surface area contributed by atoms with Crippen molar-refractivity contribution >= 4 is 0 Å². The summed E-state index contributed by atoms with van der Waals surface area (Å²) in [5, 5.41) is 8.53. The van der Waals surface area contributed by atoms with Crippen LogP contribution in [0.5, 0.6) is 0 Å². The molecule has 0 amide bonds. The molecule has 3 heteroatoms. The van der Waals surface area contributed by atoms with Crippen LogP contribution in [0.15, 0.2) is 47.3 Å². The van der Waals surface area contributed by atoms with Gasteiger partial charge < -0.3 is 4.98 Å². The quantitative estimate of drug-likeness (QED) is 0.825. The van der Waals surface area contributed by atoms with Crippen molar-refractivity contribution in [2.75, 3.05) is 0 Å². The fourth-order valence-electron chi connectivity index (χ4n) is 1.51. The Kier molecular flexibility index (Phi) is 2.84. The smallest absolute Gasteiger partial charge is 0.252 e. The maximum absolute atomic E-state index is 11.6. The van der Waals surface area contributed by atoms with E-state index >= 15 is 0 Å². The van der Waals surface area contributed by atoms with Crippen LogP contribution in [0, 0.1) is 11.3 Å². The van der Waals surface area contributed by atoms with Gasteiger partial charge in [-0.25, -0.2) is 0 Å². The van der Waals surface area contributed by atoms with Crippen LogP contribution in [0.4, 0.5) is 0 Å². The highest BCUT2D eigenvalue weighted by Gasteiger charge is 2.01. The summed E-state index contributed by atoms with van der Waals surface area (Å²) < 4.78 is 0. The number of aromatic nitrogens is 1. The number of hydrogen-bond acceptors (Lipinski definition) is 2. The van der Waals surface area contributed by atoms with E-state index in [1.165, 1.54) is 0 Å². The molecule has 1 N–H and O–H groups in total. The summed E-state index contributed by atoms with van der Waals surface area (Å²) in [4.78, 5) is 14.4. The number of nitrogens with zero attached hydrogens (tertiary/aromatic N) is 1. The molecule has 2 rings (SSSR count). The van der Waals surface area contributed by atoms with Crippen LogP contribution in [0.3, 0.4) is 0 Å². The standard InChI is InChI=1S/C13H10N2O/c14-9-8-11-6-7-12(15-13(11)16)10-4-2-1-3-5-10/h1-7H,8H2,(H,15,16). The molecule has 16 heavy (non-hydrogen) atoms. The second-order valence-electron chi connectivity index (χ2n) is 3.43. The van der Waals surface area contributed by atoms with Gasteiger partial charge in [-0.1, -0.05) is 36.4 Å². The van der Waals surface area contributed by atoms with Gasteiger partial charge in [0.05, 0.1) is 12.5 Å². The van der Waals surface area contributed by atoms with Gasteiger partial charge in [-0.15, -0.1) is 0 Å². The number of rotatable bonds is 2. The fourth-order valence-corrected chi connectivity index (χ4v) is 1.51. The van der Waals surface area contributed by atoms with Gasteiger partial charge in [0, 0.05) is 11.3 Å². The molecule has 2 aromatic rings. The SMILES string of the molecule is N#CCc1ccc(-c2ccccc2)[nH]c1=O. The average molecular weight is 210 g/mol. The first-order valence-corrected chi connectivity index (χ1v) is 4.96. The molecule has 1 aromatic heterocycles. The molecule has 1 heterocycles. The van der Waals surface area contributed by atoms with Crippen LogP contribution in [0.2, 0.25) is 0 Å². The van der Waals surface area contributed by atoms with E-state index in [9.17, 15) is 4.79 Å². The number of aromatic amines is 1. The van der Waals surface area contributed by atoms with Gasteiger partial charge in [-0.2, -0.15) is 5.26 Å². The molecule has 0 bridgehead atoms. The monoisotopic (exact) mass is 210 g/mol. The van der Waals surface area contributed by atoms with Crippen molar-refractivity contribution in [1.29, 1.82) is 5.26 Å². The van der Waals surface area contributed by atoms with Crippen molar-refractivity contribution in [2.45, 2.75) is 6.42 Å². The Morgan fingerprint density at radius 1 is 1.12 bits per heavy atom. The lowest BCUT2D eigenvalue weighted by Crippen LogP contribution is -2.12. The second-order valence-corrected chi connectivity index (χ2v) is 3.43. The maximum atomic E-state index is 11.6. The van der Waals surface area contributed by atoms with Gasteiger partial charge in [0.2, 0.25) is 0 Å². The van der Waals surface area contributed by atoms with Crippen molar-refractivity contribution in [1.82, 2.24) is 4.98 Å². The minimum Gasteiger partial charge on any atom is -0.322 e. The van der Waals surface area contributed by atoms with E-state index in [4.69, 9.17) is 5.26 Å². The van der Waals surface area contributed by atoms with Crippen molar-refractivity contribution in [3.63, 3.8) is 0 Å². The number of nitriles is 1. The summed E-state index contributed by atoms with van der Waals surface area (Å²) in [6.07, 6.45) is 0.143. The van der Waals surface area contributed by atoms with Crippen LogP contribution in [-0.2, 0) is 6.42 Å². The summed E-state index contributed by atoms with van der Waals surface area (Å²) in [6, 6.07) is 15.1. The minimum atomic E-state index is -0.192. The number of pyridine rings is 1. The van der Waals surface area contributed by atoms with E-state index in [-0.39, 0.29) is 12.0 Å². The summed E-state index contributed by atoms with van der Waals surface area (Å²) >= 11 is 0. The van der Waals surface area contributed by atoms with Crippen LogP contribution >= 0.6 is 0 Å². The molecule has 0 atom stereocenters. The molecular weight excluding hydrogens is 200 g/mol. The molecule has 0 fully saturated rings. The van der Waals surface area contributed by atoms with Gasteiger partial charge in [-0.05, 0) is 11.6 Å². The van der Waals surface area contributed by atoms with E-state index in [0.717, 1.165) is 11.3 Å². The molecule has 0 saturated heterocycles. The highest BCUT2D eigenvalue weighted by molar-refractivity contribution is 5.58. The zero-order chi connectivity index (χ0) is 11.4. The van der Waals surface area contributed by atoms with Gasteiger partial charge in [0.1, 0.15) is 0 Å². The summed E-state index contributed by atoms with van der Waals surface area (Å²) in [5.41, 5.74) is 2.04. The molecule has 0 spiro atoms. The second kappa shape index (κ2) is 4.45. The molecular formula is C13H10N2O. The Labute approximate surface area is 93.0 Å². The Bertz CT molecular complexity index is 579. The van der Waals surface area contributed by atoms with Gasteiger partial charge in [0.25, 0.3) is 5.56 Å². The summed E-state index contributed by atoms with van der Waals surface area (Å²) in [7, 11) is 0. The van der Waals surface area contributed by atoms with Crippen LogP contribution in [-0.4, -0.2) is 4.98 Å². The molecule has 78 valence electrons. The van der Waals surface area contributed by atoms with E-state index in [1.807, 2.05) is 42.5 Å². The fraction of sp³-hybridized carbons (Fsp3) is 0.0769. The number of H-pyrrole nitrogens is 1. The minimum absolute atomic E-state index is 0.143. The van der Waals surface area contributed by atoms with Crippen LogP contribution in [0.25, 0.3) is 11.3 Å². The lowest BCUT2D eigenvalue weighted by Gasteiger charge is -2.01. The largest absolute Gasteiger partial charge is 0.322 e. The van der Waals surface area contributed by atoms with Gasteiger partial charge >= 0.3 is 0 Å². The van der Waals surface area contributed by atoms with Crippen LogP contribution < -0.4 is 5.56 Å². The molecule has 0 aliphatic carbocycles. The third-order valence-corrected chi connectivity index (χ3v) is 2.35. The van der Waals surface area contributed by atoms with E-state index in [1.54, 1.807) is 6.07 Å². The first-order chi connectivity index (χ1) is 7.81. The van der Waals surface area contributed by atoms with Crippen molar-refractivity contribution in [2.24, 2.45) is 0 Å². The molecule has 0 aliphatic rings. The first-order valence-electron chi connectivity index (χ1n) is 4.96. The summed E-state index contributed by atoms with van der Waals surface area (Å²) in [5.74, 6) is 0. The molecule has 0 saturated carbocycles. The Morgan fingerprint density at radius 3 is 2.50 bits per heavy atom. The van der Waals surface area contributed by atoms with Crippen molar-refractivity contribution < 1.29 is 0 Å². The lowest BCUT2D eigenvalue weighted by molar-refractivity contribution is 1.13. The Morgan fingerprint density at radius 2 is 1.88 bits per heavy atom. The highest BCUT2D eigenvalue weighted by Crippen LogP contribution is 2.14. The molecule has 0 aliphatic heterocycles. The molecule has 3 nitrogen and oxygen atoms in total. The maximum Gasteiger partial charge on any atom is 0.252 e. The molecule has 0 radical (unpaired) electrons. The zero-order valence-corrected chi connectivity index (χ0v) is 8.60. The number of benzene rings is 1. The molecule has 0 unspecified atom stereocenters. The lowest BCUT2D eigenvalue weighted by atomic mass is 10.1.